The van der Waals surface area contributed by atoms with Crippen molar-refractivity contribution in [1.82, 2.24) is 4.98 Å². The van der Waals surface area contributed by atoms with E-state index in [-0.39, 0.29) is 17.8 Å². The number of nitrogens with zero attached hydrogens (tertiary/aromatic N) is 3. The molecule has 11 heteroatoms. The molecule has 0 spiro atoms. The largest absolute Gasteiger partial charge is 0.477 e. The number of hydrogen-bond acceptors (Lipinski definition) is 7. The van der Waals surface area contributed by atoms with Gasteiger partial charge in [-0.3, -0.25) is 15.5 Å². The van der Waals surface area contributed by atoms with Crippen molar-refractivity contribution in [2.24, 2.45) is 5.10 Å². The van der Waals surface area contributed by atoms with E-state index < -0.39 is 10.9 Å². The van der Waals surface area contributed by atoms with Gasteiger partial charge in [-0.1, -0.05) is 41.4 Å². The van der Waals surface area contributed by atoms with E-state index in [1.165, 1.54) is 29.5 Å². The number of anilines is 1. The van der Waals surface area contributed by atoms with Crippen LogP contribution in [-0.4, -0.2) is 26.7 Å². The fraction of sp³-hybridized carbons (Fsp3) is 0.0556. The van der Waals surface area contributed by atoms with Gasteiger partial charge in [-0.25, -0.2) is 9.78 Å². The van der Waals surface area contributed by atoms with Crippen molar-refractivity contribution in [2.45, 2.75) is 6.42 Å². The van der Waals surface area contributed by atoms with Crippen LogP contribution in [0.4, 0.5) is 10.8 Å². The summed E-state index contributed by atoms with van der Waals surface area (Å²) in [5, 5.41) is 27.1. The van der Waals surface area contributed by atoms with Gasteiger partial charge in [0.1, 0.15) is 5.71 Å². The maximum absolute atomic E-state index is 11.5. The molecule has 2 N–H and O–H groups in total. The molecule has 29 heavy (non-hydrogen) atoms. The molecule has 2 aromatic carbocycles. The molecule has 0 saturated heterocycles. The first-order valence-corrected chi connectivity index (χ1v) is 9.67. The predicted octanol–water partition coefficient (Wildman–Crippen LogP) is 5.12. The first-order chi connectivity index (χ1) is 13.8. The number of aliphatic carboxylic acids is 1. The maximum atomic E-state index is 11.5. The highest BCUT2D eigenvalue weighted by Crippen LogP contribution is 2.30. The summed E-state index contributed by atoms with van der Waals surface area (Å²) in [6.45, 7) is 0. The zero-order valence-electron chi connectivity index (χ0n) is 14.5. The number of thiazole rings is 1. The summed E-state index contributed by atoms with van der Waals surface area (Å²) in [5.41, 5.74) is 4.13. The molecule has 0 atom stereocenters. The van der Waals surface area contributed by atoms with Gasteiger partial charge in [0.2, 0.25) is 5.13 Å². The molecule has 3 aromatic rings. The van der Waals surface area contributed by atoms with Crippen molar-refractivity contribution in [1.29, 1.82) is 0 Å². The topological polar surface area (TPSA) is 118 Å². The molecule has 0 fully saturated rings. The van der Waals surface area contributed by atoms with Gasteiger partial charge in [0.25, 0.3) is 5.69 Å². The lowest BCUT2D eigenvalue weighted by molar-refractivity contribution is -0.384. The number of carboxylic acid groups (broad SMARTS) is 1. The SMILES string of the molecule is O=C(O)/C(Cc1cccc([N+](=O)[O-])c1)=N\Nc1nc(-c2ccc(Cl)c(Cl)c2)cs1. The summed E-state index contributed by atoms with van der Waals surface area (Å²) in [6.07, 6.45) is -0.0883. The number of carboxylic acids is 1. The van der Waals surface area contributed by atoms with Gasteiger partial charge in [-0.2, -0.15) is 5.10 Å². The number of non-ortho nitro benzene ring substituents is 1. The molecule has 0 aliphatic carbocycles. The average molecular weight is 451 g/mol. The summed E-state index contributed by atoms with van der Waals surface area (Å²) in [4.78, 5) is 26.2. The van der Waals surface area contributed by atoms with E-state index in [0.717, 1.165) is 5.56 Å². The second kappa shape index (κ2) is 8.99. The molecule has 3 rings (SSSR count). The van der Waals surface area contributed by atoms with E-state index in [4.69, 9.17) is 23.2 Å². The average Bonchev–Trinajstić information content (AvgIpc) is 3.16. The zero-order chi connectivity index (χ0) is 21.0. The normalized spacial score (nSPS) is 11.3. The van der Waals surface area contributed by atoms with Gasteiger partial charge >= 0.3 is 5.97 Å². The smallest absolute Gasteiger partial charge is 0.352 e. The van der Waals surface area contributed by atoms with Crippen molar-refractivity contribution >= 4 is 57.0 Å². The van der Waals surface area contributed by atoms with Gasteiger partial charge in [0, 0.05) is 29.5 Å². The summed E-state index contributed by atoms with van der Waals surface area (Å²) in [5.74, 6) is -1.25. The zero-order valence-corrected chi connectivity index (χ0v) is 16.8. The van der Waals surface area contributed by atoms with Crippen LogP contribution in [0.1, 0.15) is 5.56 Å². The third kappa shape index (κ3) is 5.29. The van der Waals surface area contributed by atoms with Crippen LogP contribution in [0.2, 0.25) is 10.0 Å². The molecule has 8 nitrogen and oxygen atoms in total. The molecule has 0 aliphatic heterocycles. The Morgan fingerprint density at radius 3 is 2.72 bits per heavy atom. The number of nitro benzene ring substituents is 1. The number of halogens is 2. The van der Waals surface area contributed by atoms with E-state index in [2.05, 4.69) is 15.5 Å². The lowest BCUT2D eigenvalue weighted by atomic mass is 10.1. The Morgan fingerprint density at radius 2 is 2.03 bits per heavy atom. The van der Waals surface area contributed by atoms with Gasteiger partial charge < -0.3 is 5.11 Å². The molecule has 0 radical (unpaired) electrons. The minimum absolute atomic E-state index is 0.0883. The van der Waals surface area contributed by atoms with Crippen molar-refractivity contribution < 1.29 is 14.8 Å². The van der Waals surface area contributed by atoms with Crippen LogP contribution in [0.3, 0.4) is 0 Å². The molecule has 1 aromatic heterocycles. The minimum atomic E-state index is -1.25. The monoisotopic (exact) mass is 450 g/mol. The number of benzene rings is 2. The maximum Gasteiger partial charge on any atom is 0.352 e. The third-order valence-electron chi connectivity index (χ3n) is 3.75. The fourth-order valence-electron chi connectivity index (χ4n) is 2.36. The number of carbonyl (C=O) groups is 1. The lowest BCUT2D eigenvalue weighted by Crippen LogP contribution is -2.17. The van der Waals surface area contributed by atoms with Crippen LogP contribution in [0.15, 0.2) is 52.9 Å². The lowest BCUT2D eigenvalue weighted by Gasteiger charge is -2.03. The number of nitrogens with one attached hydrogen (secondary N) is 1. The summed E-state index contributed by atoms with van der Waals surface area (Å²) in [6, 6.07) is 10.8. The van der Waals surface area contributed by atoms with Gasteiger partial charge in [-0.15, -0.1) is 11.3 Å². The van der Waals surface area contributed by atoms with E-state index in [9.17, 15) is 20.0 Å². The van der Waals surface area contributed by atoms with Crippen LogP contribution >= 0.6 is 34.5 Å². The highest BCUT2D eigenvalue weighted by atomic mass is 35.5. The Kier molecular flexibility index (Phi) is 6.42. The predicted molar refractivity (Wildman–Crippen MR) is 113 cm³/mol. The summed E-state index contributed by atoms with van der Waals surface area (Å²) >= 11 is 13.2. The second-order valence-electron chi connectivity index (χ2n) is 5.75. The molecular weight excluding hydrogens is 439 g/mol. The molecule has 0 aliphatic rings. The first-order valence-electron chi connectivity index (χ1n) is 8.03. The minimum Gasteiger partial charge on any atom is -0.477 e. The van der Waals surface area contributed by atoms with Crippen LogP contribution in [0.25, 0.3) is 11.3 Å². The van der Waals surface area contributed by atoms with Crippen LogP contribution in [0, 0.1) is 10.1 Å². The Labute approximate surface area is 178 Å². The van der Waals surface area contributed by atoms with E-state index >= 15 is 0 Å². The van der Waals surface area contributed by atoms with Crippen molar-refractivity contribution in [3.63, 3.8) is 0 Å². The molecular formula is C18H12Cl2N4O4S. The number of rotatable bonds is 7. The molecule has 0 bridgehead atoms. The van der Waals surface area contributed by atoms with Crippen molar-refractivity contribution in [2.75, 3.05) is 5.43 Å². The number of nitro groups is 1. The van der Waals surface area contributed by atoms with Crippen LogP contribution in [-0.2, 0) is 11.2 Å². The standard InChI is InChI=1S/C18H12Cl2N4O4S/c19-13-5-4-11(8-14(13)20)16-9-29-18(21-16)23-22-15(17(25)26)7-10-2-1-3-12(6-10)24(27)28/h1-6,8-9H,7H2,(H,21,23)(H,25,26)/b22-15-. The molecule has 0 amide bonds. The number of hydrazone groups is 1. The van der Waals surface area contributed by atoms with Gasteiger partial charge in [0.15, 0.2) is 0 Å². The fourth-order valence-corrected chi connectivity index (χ4v) is 3.32. The van der Waals surface area contributed by atoms with Gasteiger partial charge in [0.05, 0.1) is 20.7 Å². The molecule has 1 heterocycles. The summed E-state index contributed by atoms with van der Waals surface area (Å²) < 4.78 is 0. The Balaban J connectivity index is 1.76. The van der Waals surface area contributed by atoms with Gasteiger partial charge in [-0.05, 0) is 17.7 Å². The molecule has 148 valence electrons. The Morgan fingerprint density at radius 1 is 1.24 bits per heavy atom. The quantitative estimate of drug-likeness (QED) is 0.293. The molecule has 0 saturated carbocycles. The third-order valence-corrected chi connectivity index (χ3v) is 5.23. The summed E-state index contributed by atoms with van der Waals surface area (Å²) in [7, 11) is 0. The van der Waals surface area contributed by atoms with E-state index in [1.54, 1.807) is 29.6 Å². The highest BCUT2D eigenvalue weighted by Gasteiger charge is 2.14. The number of hydrogen-bond donors (Lipinski definition) is 2. The van der Waals surface area contributed by atoms with Crippen molar-refractivity contribution in [3.05, 3.63) is 73.6 Å². The van der Waals surface area contributed by atoms with Crippen LogP contribution in [0.5, 0.6) is 0 Å². The highest BCUT2D eigenvalue weighted by molar-refractivity contribution is 7.14. The second-order valence-corrected chi connectivity index (χ2v) is 7.42. The van der Waals surface area contributed by atoms with Crippen molar-refractivity contribution in [3.8, 4) is 11.3 Å². The van der Waals surface area contributed by atoms with Crippen LogP contribution < -0.4 is 5.43 Å². The Hall–Kier alpha value is -3.01. The molecule has 0 unspecified atom stereocenters. The first kappa shape index (κ1) is 20.7. The number of aromatic nitrogens is 1. The van der Waals surface area contributed by atoms with E-state index in [1.807, 2.05) is 0 Å². The Bertz CT molecular complexity index is 1120. The van der Waals surface area contributed by atoms with E-state index in [0.29, 0.717) is 26.4 Å².